The SMILES string of the molecule is Oc1cccc(O)c1C#CCCBr. The van der Waals surface area contributed by atoms with Crippen LogP contribution in [0.25, 0.3) is 0 Å². The van der Waals surface area contributed by atoms with Gasteiger partial charge in [-0.1, -0.05) is 33.8 Å². The number of rotatable bonds is 1. The lowest BCUT2D eigenvalue weighted by atomic mass is 10.2. The number of hydrogen-bond donors (Lipinski definition) is 2. The van der Waals surface area contributed by atoms with Crippen molar-refractivity contribution < 1.29 is 10.2 Å². The van der Waals surface area contributed by atoms with E-state index in [-0.39, 0.29) is 11.5 Å². The van der Waals surface area contributed by atoms with E-state index in [4.69, 9.17) is 0 Å². The third kappa shape index (κ3) is 2.67. The molecule has 0 heterocycles. The molecule has 0 radical (unpaired) electrons. The molecule has 1 aromatic carbocycles. The average molecular weight is 241 g/mol. The first-order valence-electron chi connectivity index (χ1n) is 3.81. The Kier molecular flexibility index (Phi) is 3.66. The molecule has 0 aliphatic carbocycles. The molecule has 68 valence electrons. The van der Waals surface area contributed by atoms with Gasteiger partial charge in [-0.15, -0.1) is 0 Å². The minimum absolute atomic E-state index is 0.0158. The number of alkyl halides is 1. The summed E-state index contributed by atoms with van der Waals surface area (Å²) in [5.74, 6) is 5.55. The van der Waals surface area contributed by atoms with Gasteiger partial charge < -0.3 is 10.2 Å². The molecule has 0 saturated carbocycles. The first-order chi connectivity index (χ1) is 6.25. The Bertz CT molecular complexity index is 329. The second-order valence-corrected chi connectivity index (χ2v) is 3.21. The lowest BCUT2D eigenvalue weighted by Crippen LogP contribution is -1.78. The number of benzene rings is 1. The van der Waals surface area contributed by atoms with E-state index in [9.17, 15) is 10.2 Å². The van der Waals surface area contributed by atoms with Crippen molar-refractivity contribution in [1.29, 1.82) is 0 Å². The fourth-order valence-electron chi connectivity index (χ4n) is 0.854. The van der Waals surface area contributed by atoms with Crippen LogP contribution < -0.4 is 0 Å². The summed E-state index contributed by atoms with van der Waals surface area (Å²) in [6.07, 6.45) is 0.688. The molecule has 0 unspecified atom stereocenters. The van der Waals surface area contributed by atoms with E-state index in [1.807, 2.05) is 0 Å². The van der Waals surface area contributed by atoms with Gasteiger partial charge in [0.2, 0.25) is 0 Å². The quantitative estimate of drug-likeness (QED) is 0.584. The molecule has 0 amide bonds. The van der Waals surface area contributed by atoms with Gasteiger partial charge in [0.05, 0.1) is 0 Å². The monoisotopic (exact) mass is 240 g/mol. The Balaban J connectivity index is 2.95. The highest BCUT2D eigenvalue weighted by molar-refractivity contribution is 9.09. The maximum atomic E-state index is 9.32. The van der Waals surface area contributed by atoms with E-state index in [1.165, 1.54) is 12.1 Å². The molecular weight excluding hydrogens is 232 g/mol. The van der Waals surface area contributed by atoms with E-state index in [0.717, 1.165) is 5.33 Å². The highest BCUT2D eigenvalue weighted by Gasteiger charge is 2.01. The van der Waals surface area contributed by atoms with Crippen molar-refractivity contribution in [1.82, 2.24) is 0 Å². The Hall–Kier alpha value is -1.14. The van der Waals surface area contributed by atoms with Crippen molar-refractivity contribution in [3.63, 3.8) is 0 Å². The Morgan fingerprint density at radius 3 is 2.38 bits per heavy atom. The summed E-state index contributed by atoms with van der Waals surface area (Å²) in [7, 11) is 0. The predicted molar refractivity (Wildman–Crippen MR) is 55.1 cm³/mol. The fraction of sp³-hybridized carbons (Fsp3) is 0.200. The molecule has 3 heteroatoms. The van der Waals surface area contributed by atoms with Crippen LogP contribution in [0.1, 0.15) is 12.0 Å². The van der Waals surface area contributed by atoms with Crippen LogP contribution in [0.3, 0.4) is 0 Å². The lowest BCUT2D eigenvalue weighted by Gasteiger charge is -1.98. The zero-order valence-electron chi connectivity index (χ0n) is 6.92. The molecule has 0 aliphatic rings. The molecule has 0 aromatic heterocycles. The second-order valence-electron chi connectivity index (χ2n) is 2.41. The zero-order valence-corrected chi connectivity index (χ0v) is 8.50. The smallest absolute Gasteiger partial charge is 0.134 e. The summed E-state index contributed by atoms with van der Waals surface area (Å²) >= 11 is 3.23. The lowest BCUT2D eigenvalue weighted by molar-refractivity contribution is 0.448. The van der Waals surface area contributed by atoms with Gasteiger partial charge in [-0.3, -0.25) is 0 Å². The van der Waals surface area contributed by atoms with Gasteiger partial charge in [0.1, 0.15) is 17.1 Å². The van der Waals surface area contributed by atoms with E-state index in [2.05, 4.69) is 27.8 Å². The minimum Gasteiger partial charge on any atom is -0.507 e. The van der Waals surface area contributed by atoms with Crippen LogP contribution in [0.4, 0.5) is 0 Å². The molecule has 13 heavy (non-hydrogen) atoms. The zero-order chi connectivity index (χ0) is 9.68. The Morgan fingerprint density at radius 1 is 1.23 bits per heavy atom. The summed E-state index contributed by atoms with van der Waals surface area (Å²) in [5.41, 5.74) is 0.295. The molecule has 1 aromatic rings. The number of aromatic hydroxyl groups is 2. The Morgan fingerprint density at radius 2 is 1.85 bits per heavy atom. The summed E-state index contributed by atoms with van der Waals surface area (Å²) < 4.78 is 0. The van der Waals surface area contributed by atoms with E-state index in [0.29, 0.717) is 12.0 Å². The van der Waals surface area contributed by atoms with Crippen molar-refractivity contribution in [3.8, 4) is 23.3 Å². The van der Waals surface area contributed by atoms with Crippen LogP contribution in [0.2, 0.25) is 0 Å². The van der Waals surface area contributed by atoms with Crippen molar-refractivity contribution in [3.05, 3.63) is 23.8 Å². The molecule has 2 nitrogen and oxygen atoms in total. The van der Waals surface area contributed by atoms with Gasteiger partial charge >= 0.3 is 0 Å². The van der Waals surface area contributed by atoms with Gasteiger partial charge in [0, 0.05) is 11.8 Å². The Labute approximate surface area is 85.3 Å². The number of phenolic OH excluding ortho intramolecular Hbond substituents is 2. The van der Waals surface area contributed by atoms with Crippen LogP contribution in [0, 0.1) is 11.8 Å². The van der Waals surface area contributed by atoms with E-state index >= 15 is 0 Å². The summed E-state index contributed by atoms with van der Waals surface area (Å²) in [4.78, 5) is 0. The summed E-state index contributed by atoms with van der Waals surface area (Å²) in [6.45, 7) is 0. The minimum atomic E-state index is 0.0158. The maximum absolute atomic E-state index is 9.32. The van der Waals surface area contributed by atoms with Crippen molar-refractivity contribution >= 4 is 15.9 Å². The van der Waals surface area contributed by atoms with Crippen LogP contribution in [-0.2, 0) is 0 Å². The predicted octanol–water partition coefficient (Wildman–Crippen LogP) is 2.23. The molecule has 0 aliphatic heterocycles. The van der Waals surface area contributed by atoms with Gasteiger partial charge in [0.15, 0.2) is 0 Å². The van der Waals surface area contributed by atoms with Gasteiger partial charge in [-0.05, 0) is 12.1 Å². The third-order valence-electron chi connectivity index (χ3n) is 1.45. The number of phenols is 2. The highest BCUT2D eigenvalue weighted by atomic mass is 79.9. The topological polar surface area (TPSA) is 40.5 Å². The molecule has 0 spiro atoms. The van der Waals surface area contributed by atoms with Crippen molar-refractivity contribution in [2.45, 2.75) is 6.42 Å². The largest absolute Gasteiger partial charge is 0.507 e. The van der Waals surface area contributed by atoms with Crippen molar-refractivity contribution in [2.24, 2.45) is 0 Å². The van der Waals surface area contributed by atoms with Crippen LogP contribution >= 0.6 is 15.9 Å². The standard InChI is InChI=1S/C10H9BrO2/c11-7-2-1-4-8-9(12)5-3-6-10(8)13/h3,5-6,12-13H,2,7H2. The van der Waals surface area contributed by atoms with Crippen LogP contribution in [0.15, 0.2) is 18.2 Å². The maximum Gasteiger partial charge on any atom is 0.134 e. The first-order valence-corrected chi connectivity index (χ1v) is 4.93. The molecule has 0 saturated heterocycles. The summed E-state index contributed by atoms with van der Waals surface area (Å²) in [6, 6.07) is 4.57. The van der Waals surface area contributed by atoms with E-state index < -0.39 is 0 Å². The molecule has 0 bridgehead atoms. The van der Waals surface area contributed by atoms with Crippen LogP contribution in [0.5, 0.6) is 11.5 Å². The normalized spacial score (nSPS) is 9.00. The molecular formula is C10H9BrO2. The molecule has 0 atom stereocenters. The van der Waals surface area contributed by atoms with Gasteiger partial charge in [-0.2, -0.15) is 0 Å². The number of halogens is 1. The third-order valence-corrected chi connectivity index (χ3v) is 1.85. The van der Waals surface area contributed by atoms with E-state index in [1.54, 1.807) is 6.07 Å². The molecule has 2 N–H and O–H groups in total. The van der Waals surface area contributed by atoms with Gasteiger partial charge in [0.25, 0.3) is 0 Å². The van der Waals surface area contributed by atoms with Gasteiger partial charge in [-0.25, -0.2) is 0 Å². The number of hydrogen-bond acceptors (Lipinski definition) is 2. The molecule has 0 fully saturated rings. The van der Waals surface area contributed by atoms with Crippen molar-refractivity contribution in [2.75, 3.05) is 5.33 Å². The fourth-order valence-corrected chi connectivity index (χ4v) is 1.05. The van der Waals surface area contributed by atoms with Crippen LogP contribution in [-0.4, -0.2) is 15.5 Å². The first kappa shape index (κ1) is 9.94. The second kappa shape index (κ2) is 4.78. The molecule has 1 rings (SSSR count). The summed E-state index contributed by atoms with van der Waals surface area (Å²) in [5, 5.41) is 19.4. The average Bonchev–Trinajstić information content (AvgIpc) is 2.10. The highest BCUT2D eigenvalue weighted by Crippen LogP contribution is 2.24.